The number of aliphatic hydroxyl groups is 1. The second kappa shape index (κ2) is 12.1. The second-order valence-corrected chi connectivity index (χ2v) is 9.17. The minimum atomic E-state index is -1.13. The van der Waals surface area contributed by atoms with E-state index in [0.29, 0.717) is 42.1 Å². The van der Waals surface area contributed by atoms with Crippen molar-refractivity contribution in [3.63, 3.8) is 0 Å². The number of nitrogens with one attached hydrogen (secondary N) is 2. The van der Waals surface area contributed by atoms with Gasteiger partial charge in [-0.1, -0.05) is 11.3 Å². The van der Waals surface area contributed by atoms with E-state index in [1.807, 2.05) is 18.2 Å². The average Bonchev–Trinajstić information content (AvgIpc) is 3.68. The van der Waals surface area contributed by atoms with Crippen molar-refractivity contribution in [2.24, 2.45) is 0 Å². The van der Waals surface area contributed by atoms with Crippen LogP contribution in [0, 0.1) is 11.6 Å². The maximum Gasteiger partial charge on any atom is 0.246 e. The molecule has 2 aromatic carbocycles. The van der Waals surface area contributed by atoms with Crippen LogP contribution in [0.15, 0.2) is 48.9 Å². The molecule has 0 radical (unpaired) electrons. The summed E-state index contributed by atoms with van der Waals surface area (Å²) >= 11 is 0. The lowest BCUT2D eigenvalue weighted by Gasteiger charge is -2.20. The van der Waals surface area contributed by atoms with Crippen molar-refractivity contribution in [1.29, 1.82) is 0 Å². The van der Waals surface area contributed by atoms with Crippen LogP contribution < -0.4 is 15.4 Å². The number of amides is 1. The van der Waals surface area contributed by atoms with Crippen molar-refractivity contribution < 1.29 is 23.4 Å². The summed E-state index contributed by atoms with van der Waals surface area (Å²) in [7, 11) is 0. The third-order valence-corrected chi connectivity index (χ3v) is 6.23. The molecule has 1 aliphatic rings. The van der Waals surface area contributed by atoms with Crippen LogP contribution in [0.25, 0.3) is 10.9 Å². The molecule has 0 unspecified atom stereocenters. The Labute approximate surface area is 222 Å². The first kappa shape index (κ1) is 26.4. The van der Waals surface area contributed by atoms with E-state index < -0.39 is 17.5 Å². The maximum atomic E-state index is 13.8. The summed E-state index contributed by atoms with van der Waals surface area (Å²) in [5.74, 6) is -1.25. The smallest absolute Gasteiger partial charge is 0.246 e. The third-order valence-electron chi connectivity index (χ3n) is 6.23. The SMILES string of the molecule is O=C(Cn1cc(Nc2ncnc3cc(OCCCN(CCO)C4CC4)ccc23)nn1)Nc1cccc(F)c1F. The first-order valence-electron chi connectivity index (χ1n) is 12.6. The van der Waals surface area contributed by atoms with Gasteiger partial charge in [-0.3, -0.25) is 9.69 Å². The Morgan fingerprint density at radius 2 is 2.05 bits per heavy atom. The van der Waals surface area contributed by atoms with Gasteiger partial charge in [0, 0.05) is 30.6 Å². The summed E-state index contributed by atoms with van der Waals surface area (Å²) in [4.78, 5) is 23.2. The fourth-order valence-electron chi connectivity index (χ4n) is 4.22. The molecule has 0 bridgehead atoms. The molecule has 204 valence electrons. The first-order valence-corrected chi connectivity index (χ1v) is 12.6. The molecule has 0 aliphatic heterocycles. The molecule has 13 heteroatoms. The predicted octanol–water partition coefficient (Wildman–Crippen LogP) is 3.11. The average molecular weight is 539 g/mol. The third kappa shape index (κ3) is 6.81. The minimum Gasteiger partial charge on any atom is -0.493 e. The Hall–Kier alpha value is -4.23. The van der Waals surface area contributed by atoms with Crippen molar-refractivity contribution in [3.05, 3.63) is 60.6 Å². The molecule has 0 saturated heterocycles. The number of aromatic nitrogens is 5. The number of rotatable bonds is 13. The van der Waals surface area contributed by atoms with Gasteiger partial charge in [-0.25, -0.2) is 23.4 Å². The molecule has 5 rings (SSSR count). The lowest BCUT2D eigenvalue weighted by atomic mass is 10.2. The number of fused-ring (bicyclic) bond motifs is 1. The number of ether oxygens (including phenoxy) is 1. The first-order chi connectivity index (χ1) is 19.0. The highest BCUT2D eigenvalue weighted by Gasteiger charge is 2.27. The van der Waals surface area contributed by atoms with Crippen LogP contribution in [0.2, 0.25) is 0 Å². The lowest BCUT2D eigenvalue weighted by molar-refractivity contribution is -0.117. The van der Waals surface area contributed by atoms with Crippen molar-refractivity contribution >= 4 is 34.1 Å². The van der Waals surface area contributed by atoms with Crippen molar-refractivity contribution in [1.82, 2.24) is 29.9 Å². The molecule has 1 fully saturated rings. The number of hydrogen-bond donors (Lipinski definition) is 3. The largest absolute Gasteiger partial charge is 0.493 e. The van der Waals surface area contributed by atoms with E-state index >= 15 is 0 Å². The maximum absolute atomic E-state index is 13.8. The fourth-order valence-corrected chi connectivity index (χ4v) is 4.22. The zero-order valence-corrected chi connectivity index (χ0v) is 21.1. The number of hydrogen-bond acceptors (Lipinski definition) is 9. The molecular formula is C26H28F2N8O3. The molecule has 1 amide bonds. The summed E-state index contributed by atoms with van der Waals surface area (Å²) in [6, 6.07) is 9.66. The van der Waals surface area contributed by atoms with E-state index in [1.54, 1.807) is 0 Å². The van der Waals surface area contributed by atoms with Gasteiger partial charge in [0.05, 0.1) is 30.6 Å². The van der Waals surface area contributed by atoms with Gasteiger partial charge >= 0.3 is 0 Å². The normalized spacial score (nSPS) is 13.1. The zero-order valence-electron chi connectivity index (χ0n) is 21.1. The molecule has 1 saturated carbocycles. The monoisotopic (exact) mass is 538 g/mol. The van der Waals surface area contributed by atoms with E-state index in [4.69, 9.17) is 4.74 Å². The van der Waals surface area contributed by atoms with Gasteiger partial charge in [0.15, 0.2) is 17.5 Å². The highest BCUT2D eigenvalue weighted by molar-refractivity contribution is 5.91. The highest BCUT2D eigenvalue weighted by Crippen LogP contribution is 2.27. The Balaban J connectivity index is 1.16. The molecule has 1 aliphatic carbocycles. The van der Waals surface area contributed by atoms with Gasteiger partial charge in [-0.2, -0.15) is 0 Å². The van der Waals surface area contributed by atoms with E-state index in [9.17, 15) is 18.7 Å². The van der Waals surface area contributed by atoms with Gasteiger partial charge in [0.25, 0.3) is 0 Å². The number of aliphatic hydroxyl groups excluding tert-OH is 1. The molecule has 0 atom stereocenters. The van der Waals surface area contributed by atoms with Crippen molar-refractivity contribution in [2.75, 3.05) is 36.9 Å². The molecular weight excluding hydrogens is 510 g/mol. The van der Waals surface area contributed by atoms with Crippen LogP contribution in [0.5, 0.6) is 5.75 Å². The summed E-state index contributed by atoms with van der Waals surface area (Å²) in [6.45, 7) is 2.05. The van der Waals surface area contributed by atoms with Crippen LogP contribution in [-0.2, 0) is 11.3 Å². The predicted molar refractivity (Wildman–Crippen MR) is 140 cm³/mol. The number of benzene rings is 2. The zero-order chi connectivity index (χ0) is 27.2. The molecule has 3 N–H and O–H groups in total. The summed E-state index contributed by atoms with van der Waals surface area (Å²) in [5.41, 5.74) is 0.421. The van der Waals surface area contributed by atoms with Gasteiger partial charge in [-0.15, -0.1) is 5.10 Å². The molecule has 0 spiro atoms. The van der Waals surface area contributed by atoms with Gasteiger partial charge in [0.1, 0.15) is 24.4 Å². The number of carbonyl (C=O) groups excluding carboxylic acids is 1. The Kier molecular flexibility index (Phi) is 8.18. The van der Waals surface area contributed by atoms with Crippen LogP contribution >= 0.6 is 0 Å². The molecule has 2 aromatic heterocycles. The molecule has 4 aromatic rings. The van der Waals surface area contributed by atoms with Crippen LogP contribution in [0.3, 0.4) is 0 Å². The van der Waals surface area contributed by atoms with E-state index in [0.717, 1.165) is 24.4 Å². The van der Waals surface area contributed by atoms with Crippen LogP contribution in [0.1, 0.15) is 19.3 Å². The standard InChI is InChI=1S/C26H28F2N8O3/c27-20-3-1-4-21(25(20)28)31-24(38)15-36-14-23(33-34-36)32-26-19-8-7-18(13-22(19)29-16-30-26)39-12-2-9-35(10-11-37)17-5-6-17/h1,3-4,7-8,13-14,16-17,37H,2,5-6,9-12,15H2,(H,31,38)(H,29,30,32). The summed E-state index contributed by atoms with van der Waals surface area (Å²) in [6.07, 6.45) is 6.17. The van der Waals surface area contributed by atoms with Gasteiger partial charge in [0.2, 0.25) is 5.91 Å². The molecule has 11 nitrogen and oxygen atoms in total. The van der Waals surface area contributed by atoms with E-state index in [2.05, 4.69) is 35.8 Å². The molecule has 39 heavy (non-hydrogen) atoms. The summed E-state index contributed by atoms with van der Waals surface area (Å²) in [5, 5.41) is 23.3. The van der Waals surface area contributed by atoms with E-state index in [-0.39, 0.29) is 18.8 Å². The van der Waals surface area contributed by atoms with Crippen LogP contribution in [-0.4, -0.2) is 73.2 Å². The Morgan fingerprint density at radius 3 is 2.87 bits per heavy atom. The van der Waals surface area contributed by atoms with Crippen molar-refractivity contribution in [2.45, 2.75) is 31.8 Å². The highest BCUT2D eigenvalue weighted by atomic mass is 19.2. The second-order valence-electron chi connectivity index (χ2n) is 9.17. The minimum absolute atomic E-state index is 0.168. The summed E-state index contributed by atoms with van der Waals surface area (Å²) < 4.78 is 34.3. The topological polar surface area (TPSA) is 130 Å². The van der Waals surface area contributed by atoms with Crippen LogP contribution in [0.4, 0.5) is 26.1 Å². The molecule has 2 heterocycles. The number of carbonyl (C=O) groups is 1. The Morgan fingerprint density at radius 1 is 1.18 bits per heavy atom. The van der Waals surface area contributed by atoms with Gasteiger partial charge < -0.3 is 20.5 Å². The number of halogens is 2. The number of nitrogens with zero attached hydrogens (tertiary/aromatic N) is 6. The Bertz CT molecular complexity index is 1450. The quantitative estimate of drug-likeness (QED) is 0.220. The van der Waals surface area contributed by atoms with Crippen molar-refractivity contribution in [3.8, 4) is 5.75 Å². The van der Waals surface area contributed by atoms with Gasteiger partial charge in [-0.05, 0) is 43.5 Å². The lowest BCUT2D eigenvalue weighted by Crippen LogP contribution is -2.31. The van der Waals surface area contributed by atoms with E-state index in [1.165, 1.54) is 42.2 Å². The number of anilines is 3. The fraction of sp³-hybridized carbons (Fsp3) is 0.346.